The summed E-state index contributed by atoms with van der Waals surface area (Å²) >= 11 is 0. The lowest BCUT2D eigenvalue weighted by molar-refractivity contribution is 0.101. The predicted molar refractivity (Wildman–Crippen MR) is 99.9 cm³/mol. The van der Waals surface area contributed by atoms with Crippen molar-refractivity contribution in [3.63, 3.8) is 0 Å². The summed E-state index contributed by atoms with van der Waals surface area (Å²) in [5.74, 6) is 2.33. The number of hydrogen-bond acceptors (Lipinski definition) is 4. The summed E-state index contributed by atoms with van der Waals surface area (Å²) in [5, 5.41) is 8.42. The Morgan fingerprint density at radius 1 is 1.27 bits per heavy atom. The highest BCUT2D eigenvalue weighted by Crippen LogP contribution is 2.51. The standard InChI is InChI=1S/C8H11F.C6H5N3O2.C6H10/c1-2-7-5-3-4-6-8(7)9;10-4-2-7-5-3(4)1-8-9-6(5)11;1-2-5-4-6(5)3-1/h4,6H,2-3,5H2,1H3;1,7H,2H2,(H,9,11);5-6H,1-4H2. The van der Waals surface area contributed by atoms with Crippen molar-refractivity contribution in [2.24, 2.45) is 11.8 Å². The van der Waals surface area contributed by atoms with Crippen molar-refractivity contribution in [2.75, 3.05) is 11.9 Å². The normalized spacial score (nSPS) is 24.6. The monoisotopic (exact) mass is 359 g/mol. The van der Waals surface area contributed by atoms with E-state index in [1.165, 1.54) is 24.5 Å². The molecule has 4 aliphatic rings. The van der Waals surface area contributed by atoms with Crippen LogP contribution in [0.5, 0.6) is 0 Å². The van der Waals surface area contributed by atoms with Gasteiger partial charge in [0.2, 0.25) is 0 Å². The van der Waals surface area contributed by atoms with E-state index in [0.717, 1.165) is 24.8 Å². The first-order chi connectivity index (χ1) is 12.6. The molecule has 2 saturated carbocycles. The van der Waals surface area contributed by atoms with Crippen molar-refractivity contribution in [1.82, 2.24) is 10.2 Å². The Bertz CT molecular complexity index is 774. The number of carbonyl (C=O) groups is 1. The zero-order valence-corrected chi connectivity index (χ0v) is 15.2. The number of hydrogen-bond donors (Lipinski definition) is 2. The molecule has 0 bridgehead atoms. The summed E-state index contributed by atoms with van der Waals surface area (Å²) in [5.41, 5.74) is 1.35. The quantitative estimate of drug-likeness (QED) is 0.790. The maximum Gasteiger partial charge on any atom is 0.288 e. The molecule has 26 heavy (non-hydrogen) atoms. The van der Waals surface area contributed by atoms with E-state index >= 15 is 0 Å². The molecule has 140 valence electrons. The van der Waals surface area contributed by atoms with E-state index in [2.05, 4.69) is 15.5 Å². The van der Waals surface area contributed by atoms with Crippen LogP contribution in [0.3, 0.4) is 0 Å². The first kappa shape index (κ1) is 18.5. The molecule has 6 heteroatoms. The molecular weight excluding hydrogens is 333 g/mol. The second-order valence-corrected chi connectivity index (χ2v) is 7.20. The van der Waals surface area contributed by atoms with Crippen molar-refractivity contribution in [3.8, 4) is 0 Å². The second kappa shape index (κ2) is 8.43. The highest BCUT2D eigenvalue weighted by Gasteiger charge is 2.40. The summed E-state index contributed by atoms with van der Waals surface area (Å²) in [7, 11) is 0. The maximum absolute atomic E-state index is 12.6. The van der Waals surface area contributed by atoms with Crippen LogP contribution in [0.4, 0.5) is 10.1 Å². The minimum atomic E-state index is -0.339. The molecule has 0 radical (unpaired) electrons. The van der Waals surface area contributed by atoms with Gasteiger partial charge in [0.05, 0.1) is 18.3 Å². The van der Waals surface area contributed by atoms with Gasteiger partial charge in [-0.2, -0.15) is 5.10 Å². The van der Waals surface area contributed by atoms with Gasteiger partial charge in [-0.1, -0.05) is 32.3 Å². The van der Waals surface area contributed by atoms with Crippen LogP contribution in [-0.2, 0) is 0 Å². The van der Waals surface area contributed by atoms with Crippen LogP contribution in [0, 0.1) is 11.8 Å². The highest BCUT2D eigenvalue weighted by molar-refractivity contribution is 6.07. The summed E-state index contributed by atoms with van der Waals surface area (Å²) in [4.78, 5) is 21.9. The van der Waals surface area contributed by atoms with E-state index in [9.17, 15) is 14.0 Å². The third kappa shape index (κ3) is 4.48. The van der Waals surface area contributed by atoms with Gasteiger partial charge >= 0.3 is 0 Å². The average molecular weight is 359 g/mol. The number of aromatic amines is 1. The third-order valence-corrected chi connectivity index (χ3v) is 5.44. The zero-order valence-electron chi connectivity index (χ0n) is 15.2. The van der Waals surface area contributed by atoms with E-state index in [0.29, 0.717) is 11.3 Å². The molecule has 0 aromatic carbocycles. The van der Waals surface area contributed by atoms with Gasteiger partial charge in [0.1, 0.15) is 11.5 Å². The second-order valence-electron chi connectivity index (χ2n) is 7.20. The number of carbonyl (C=O) groups excluding carboxylic acids is 1. The number of ketones is 1. The number of rotatable bonds is 1. The molecule has 2 atom stereocenters. The molecule has 3 aliphatic carbocycles. The van der Waals surface area contributed by atoms with Crippen LogP contribution in [0.25, 0.3) is 0 Å². The summed E-state index contributed by atoms with van der Waals surface area (Å²) in [6.07, 6.45) is 13.8. The molecule has 5 rings (SSSR count). The van der Waals surface area contributed by atoms with Crippen LogP contribution in [-0.4, -0.2) is 22.5 Å². The van der Waals surface area contributed by atoms with E-state index in [4.69, 9.17) is 0 Å². The predicted octanol–water partition coefficient (Wildman–Crippen LogP) is 4.15. The van der Waals surface area contributed by atoms with Crippen molar-refractivity contribution in [2.45, 2.75) is 51.9 Å². The molecule has 2 heterocycles. The third-order valence-electron chi connectivity index (χ3n) is 5.44. The van der Waals surface area contributed by atoms with Gasteiger partial charge in [0.15, 0.2) is 5.78 Å². The molecule has 5 nitrogen and oxygen atoms in total. The summed E-state index contributed by atoms with van der Waals surface area (Å²) < 4.78 is 12.6. The number of aromatic nitrogens is 2. The van der Waals surface area contributed by atoms with E-state index in [1.807, 2.05) is 13.0 Å². The minimum absolute atomic E-state index is 0.0104. The van der Waals surface area contributed by atoms with E-state index < -0.39 is 0 Å². The van der Waals surface area contributed by atoms with Crippen LogP contribution in [0.2, 0.25) is 0 Å². The molecule has 1 aromatic heterocycles. The number of Topliss-reactive ketones (excluding diaryl/α,β-unsaturated/α-hetero) is 1. The van der Waals surface area contributed by atoms with Crippen LogP contribution < -0.4 is 10.9 Å². The van der Waals surface area contributed by atoms with Crippen molar-refractivity contribution in [3.05, 3.63) is 45.7 Å². The van der Waals surface area contributed by atoms with E-state index in [1.54, 1.807) is 25.3 Å². The lowest BCUT2D eigenvalue weighted by atomic mass is 10.0. The summed E-state index contributed by atoms with van der Waals surface area (Å²) in [6, 6.07) is 0. The summed E-state index contributed by atoms with van der Waals surface area (Å²) in [6.45, 7) is 2.19. The van der Waals surface area contributed by atoms with Gasteiger partial charge in [-0.15, -0.1) is 0 Å². The Labute approximate surface area is 152 Å². The van der Waals surface area contributed by atoms with Crippen LogP contribution >= 0.6 is 0 Å². The van der Waals surface area contributed by atoms with E-state index in [-0.39, 0.29) is 23.7 Å². The molecule has 1 aromatic rings. The van der Waals surface area contributed by atoms with Crippen LogP contribution in [0.1, 0.15) is 62.2 Å². The number of anilines is 1. The highest BCUT2D eigenvalue weighted by atomic mass is 19.1. The van der Waals surface area contributed by atoms with Crippen molar-refractivity contribution in [1.29, 1.82) is 0 Å². The molecule has 1 aliphatic heterocycles. The number of nitrogens with one attached hydrogen (secondary N) is 2. The van der Waals surface area contributed by atoms with Gasteiger partial charge in [-0.3, -0.25) is 9.59 Å². The lowest BCUT2D eigenvalue weighted by Gasteiger charge is -2.06. The fourth-order valence-electron chi connectivity index (χ4n) is 3.74. The Morgan fingerprint density at radius 2 is 2.04 bits per heavy atom. The van der Waals surface area contributed by atoms with Crippen LogP contribution in [0.15, 0.2) is 34.5 Å². The van der Waals surface area contributed by atoms with Crippen molar-refractivity contribution < 1.29 is 9.18 Å². The topological polar surface area (TPSA) is 74.8 Å². The molecule has 0 amide bonds. The first-order valence-electron chi connectivity index (χ1n) is 9.49. The number of halogens is 1. The lowest BCUT2D eigenvalue weighted by Crippen LogP contribution is -2.11. The number of nitrogens with zero attached hydrogens (tertiary/aromatic N) is 1. The number of H-pyrrole nitrogens is 1. The Balaban J connectivity index is 0.000000118. The number of allylic oxidation sites excluding steroid dienone is 4. The zero-order chi connectivity index (χ0) is 18.5. The maximum atomic E-state index is 12.6. The molecule has 2 unspecified atom stereocenters. The van der Waals surface area contributed by atoms with Gasteiger partial charge < -0.3 is 5.32 Å². The van der Waals surface area contributed by atoms with Gasteiger partial charge in [-0.25, -0.2) is 9.49 Å². The smallest absolute Gasteiger partial charge is 0.288 e. The first-order valence-corrected chi connectivity index (χ1v) is 9.49. The van der Waals surface area contributed by atoms with Crippen molar-refractivity contribution >= 4 is 11.5 Å². The molecule has 2 fully saturated rings. The van der Waals surface area contributed by atoms with Gasteiger partial charge in [0.25, 0.3) is 5.56 Å². The average Bonchev–Trinajstić information content (AvgIpc) is 3.06. The molecule has 2 N–H and O–H groups in total. The molecular formula is C20H26FN3O2. The van der Waals surface area contributed by atoms with Gasteiger partial charge in [-0.05, 0) is 49.2 Å². The fraction of sp³-hybridized carbons (Fsp3) is 0.550. The molecule has 0 saturated heterocycles. The Kier molecular flexibility index (Phi) is 6.01. The SMILES string of the molecule is C1CC2CC2C1.CCC1=C(F)C=CCC1.O=C1CNc2c1cn[nH]c2=O. The largest absolute Gasteiger partial charge is 0.372 e. The minimum Gasteiger partial charge on any atom is -0.372 e. The number of fused-ring (bicyclic) bond motifs is 2. The van der Waals surface area contributed by atoms with Gasteiger partial charge in [0, 0.05) is 0 Å². The molecule has 0 spiro atoms. The Morgan fingerprint density at radius 3 is 2.54 bits per heavy atom. The Hall–Kier alpha value is -2.24. The fourth-order valence-corrected chi connectivity index (χ4v) is 3.74.